The number of hydrogen-bond donors (Lipinski definition) is 2. The fourth-order valence-electron chi connectivity index (χ4n) is 3.37. The molecule has 0 radical (unpaired) electrons. The smallest absolute Gasteiger partial charge is 0.180 e. The molecule has 2 N–H and O–H groups in total. The Morgan fingerprint density at radius 2 is 1.70 bits per heavy atom. The van der Waals surface area contributed by atoms with Crippen LogP contribution in [0.15, 0.2) is 24.3 Å². The predicted molar refractivity (Wildman–Crippen MR) is 85.8 cm³/mol. The second-order valence-electron chi connectivity index (χ2n) is 6.17. The van der Waals surface area contributed by atoms with Crippen LogP contribution >= 0.6 is 0 Å². The van der Waals surface area contributed by atoms with Crippen molar-refractivity contribution in [2.75, 3.05) is 13.1 Å². The summed E-state index contributed by atoms with van der Waals surface area (Å²) in [6.07, 6.45) is 6.72. The third-order valence-electron chi connectivity index (χ3n) is 4.03. The third-order valence-corrected chi connectivity index (χ3v) is 4.03. The molecule has 3 heteroatoms. The minimum absolute atomic E-state index is 0.0498. The molecule has 114 valence electrons. The van der Waals surface area contributed by atoms with E-state index in [1.165, 1.54) is 0 Å². The Labute approximate surface area is 123 Å². The van der Waals surface area contributed by atoms with Crippen molar-refractivity contribution in [2.24, 2.45) is 5.41 Å². The second kappa shape index (κ2) is 7.75. The van der Waals surface area contributed by atoms with E-state index < -0.39 is 0 Å². The van der Waals surface area contributed by atoms with Crippen LogP contribution in [-0.4, -0.2) is 31.0 Å². The lowest BCUT2D eigenvalue weighted by Gasteiger charge is -2.38. The summed E-state index contributed by atoms with van der Waals surface area (Å²) < 4.78 is 0. The van der Waals surface area contributed by atoms with E-state index in [1.54, 1.807) is 6.08 Å². The quantitative estimate of drug-likeness (QED) is 0.671. The number of nitrogens with one attached hydrogen (secondary N) is 2. The first kappa shape index (κ1) is 17.1. The molecule has 0 aromatic rings. The first-order chi connectivity index (χ1) is 9.42. The zero-order valence-electron chi connectivity index (χ0n) is 13.5. The largest absolute Gasteiger partial charge is 0.314 e. The molecule has 3 nitrogen and oxygen atoms in total. The molecule has 0 saturated heterocycles. The topological polar surface area (TPSA) is 41.1 Å². The van der Waals surface area contributed by atoms with Gasteiger partial charge in [-0.2, -0.15) is 0 Å². The molecule has 0 bridgehead atoms. The summed E-state index contributed by atoms with van der Waals surface area (Å²) >= 11 is 0. The van der Waals surface area contributed by atoms with Gasteiger partial charge in [-0.3, -0.25) is 4.79 Å². The van der Waals surface area contributed by atoms with Gasteiger partial charge in [0.2, 0.25) is 0 Å². The van der Waals surface area contributed by atoms with Gasteiger partial charge in [0.15, 0.2) is 5.78 Å². The molecule has 20 heavy (non-hydrogen) atoms. The highest BCUT2D eigenvalue weighted by atomic mass is 16.1. The average molecular weight is 278 g/mol. The zero-order chi connectivity index (χ0) is 15.2. The molecule has 0 saturated carbocycles. The highest BCUT2D eigenvalue weighted by molar-refractivity contribution is 6.04. The maximum atomic E-state index is 11.7. The molecule has 0 amide bonds. The Kier molecular flexibility index (Phi) is 6.63. The lowest BCUT2D eigenvalue weighted by atomic mass is 9.69. The van der Waals surface area contributed by atoms with Crippen LogP contribution in [0, 0.1) is 5.41 Å². The molecular weight excluding hydrogens is 248 g/mol. The molecule has 2 unspecified atom stereocenters. The van der Waals surface area contributed by atoms with Crippen LogP contribution in [0.2, 0.25) is 0 Å². The van der Waals surface area contributed by atoms with Crippen molar-refractivity contribution in [3.63, 3.8) is 0 Å². The van der Waals surface area contributed by atoms with Crippen molar-refractivity contribution in [2.45, 2.75) is 59.0 Å². The van der Waals surface area contributed by atoms with Crippen LogP contribution < -0.4 is 10.6 Å². The molecule has 0 aromatic carbocycles. The molecule has 0 heterocycles. The summed E-state index contributed by atoms with van der Waals surface area (Å²) in [6, 6.07) is 0.888. The standard InChI is InChI=1S/C17H30N2O/c1-6-18-14(4)11-17(12-15(5)19-7-2)9-8-16(20)13(3)10-17/h8-9,14-15,18-19H,3,6-7,10-12H2,1-2,4-5H3. The van der Waals surface area contributed by atoms with Crippen molar-refractivity contribution < 1.29 is 4.79 Å². The number of hydrogen-bond acceptors (Lipinski definition) is 3. The van der Waals surface area contributed by atoms with Gasteiger partial charge in [0.05, 0.1) is 0 Å². The second-order valence-corrected chi connectivity index (χ2v) is 6.17. The molecule has 1 aliphatic rings. The number of rotatable bonds is 8. The van der Waals surface area contributed by atoms with Crippen LogP contribution in [0.5, 0.6) is 0 Å². The van der Waals surface area contributed by atoms with Crippen LogP contribution in [0.25, 0.3) is 0 Å². The highest BCUT2D eigenvalue weighted by Gasteiger charge is 2.35. The zero-order valence-corrected chi connectivity index (χ0v) is 13.5. The van der Waals surface area contributed by atoms with E-state index in [0.29, 0.717) is 12.1 Å². The van der Waals surface area contributed by atoms with Gasteiger partial charge in [0, 0.05) is 12.1 Å². The third kappa shape index (κ3) is 4.88. The lowest BCUT2D eigenvalue weighted by molar-refractivity contribution is -0.112. The van der Waals surface area contributed by atoms with Crippen LogP contribution in [-0.2, 0) is 4.79 Å². The maximum Gasteiger partial charge on any atom is 0.180 e. The molecule has 2 atom stereocenters. The van der Waals surface area contributed by atoms with E-state index in [0.717, 1.165) is 37.9 Å². The maximum absolute atomic E-state index is 11.7. The Balaban J connectivity index is 2.86. The van der Waals surface area contributed by atoms with E-state index in [4.69, 9.17) is 0 Å². The summed E-state index contributed by atoms with van der Waals surface area (Å²) in [4.78, 5) is 11.7. The van der Waals surface area contributed by atoms with Crippen LogP contribution in [0.3, 0.4) is 0 Å². The number of allylic oxidation sites excluding steroid dienone is 3. The Morgan fingerprint density at radius 1 is 1.20 bits per heavy atom. The summed E-state index contributed by atoms with van der Waals surface area (Å²) in [5.74, 6) is 0.0906. The summed E-state index contributed by atoms with van der Waals surface area (Å²) in [5, 5.41) is 6.96. The van der Waals surface area contributed by atoms with Crippen molar-refractivity contribution in [3.05, 3.63) is 24.3 Å². The minimum atomic E-state index is 0.0498. The van der Waals surface area contributed by atoms with E-state index in [9.17, 15) is 4.79 Å². The van der Waals surface area contributed by atoms with Crippen molar-refractivity contribution in [3.8, 4) is 0 Å². The van der Waals surface area contributed by atoms with Crippen LogP contribution in [0.1, 0.15) is 47.0 Å². The molecule has 0 aliphatic heterocycles. The number of carbonyl (C=O) groups excluding carboxylic acids is 1. The highest BCUT2D eigenvalue weighted by Crippen LogP contribution is 2.40. The lowest BCUT2D eigenvalue weighted by Crippen LogP contribution is -2.39. The Bertz CT molecular complexity index is 359. The van der Waals surface area contributed by atoms with Gasteiger partial charge < -0.3 is 10.6 Å². The predicted octanol–water partition coefficient (Wildman–Crippen LogP) is 2.83. The molecule has 1 aliphatic carbocycles. The van der Waals surface area contributed by atoms with Crippen molar-refractivity contribution in [1.29, 1.82) is 0 Å². The SMILES string of the molecule is C=C1CC(CC(C)NCC)(CC(C)NCC)C=CC1=O. The first-order valence-electron chi connectivity index (χ1n) is 7.80. The van der Waals surface area contributed by atoms with Crippen molar-refractivity contribution in [1.82, 2.24) is 10.6 Å². The summed E-state index contributed by atoms with van der Waals surface area (Å²) in [7, 11) is 0. The molecule has 0 fully saturated rings. The van der Waals surface area contributed by atoms with Gasteiger partial charge in [-0.05, 0) is 63.3 Å². The monoisotopic (exact) mass is 278 g/mol. The fourth-order valence-corrected chi connectivity index (χ4v) is 3.37. The van der Waals surface area contributed by atoms with E-state index in [2.05, 4.69) is 51.0 Å². The van der Waals surface area contributed by atoms with Crippen molar-refractivity contribution >= 4 is 5.78 Å². The van der Waals surface area contributed by atoms with E-state index in [-0.39, 0.29) is 11.2 Å². The fraction of sp³-hybridized carbons (Fsp3) is 0.706. The van der Waals surface area contributed by atoms with E-state index >= 15 is 0 Å². The van der Waals surface area contributed by atoms with Gasteiger partial charge in [-0.15, -0.1) is 0 Å². The van der Waals surface area contributed by atoms with Gasteiger partial charge >= 0.3 is 0 Å². The van der Waals surface area contributed by atoms with Gasteiger partial charge in [0.25, 0.3) is 0 Å². The molecule has 0 aromatic heterocycles. The van der Waals surface area contributed by atoms with Gasteiger partial charge in [0.1, 0.15) is 0 Å². The molecule has 0 spiro atoms. The Morgan fingerprint density at radius 3 is 2.10 bits per heavy atom. The van der Waals surface area contributed by atoms with E-state index in [1.807, 2.05) is 0 Å². The normalized spacial score (nSPS) is 25.8. The minimum Gasteiger partial charge on any atom is -0.314 e. The van der Waals surface area contributed by atoms with Crippen LogP contribution in [0.4, 0.5) is 0 Å². The first-order valence-corrected chi connectivity index (χ1v) is 7.80. The Hall–Kier alpha value is -0.930. The number of carbonyl (C=O) groups is 1. The molecular formula is C17H30N2O. The average Bonchev–Trinajstić information content (AvgIpc) is 2.34. The van der Waals surface area contributed by atoms with Gasteiger partial charge in [-0.25, -0.2) is 0 Å². The number of ketones is 1. The summed E-state index contributed by atoms with van der Waals surface area (Å²) in [6.45, 7) is 14.6. The molecule has 1 rings (SSSR count). The summed E-state index contributed by atoms with van der Waals surface area (Å²) in [5.41, 5.74) is 0.800. The van der Waals surface area contributed by atoms with Gasteiger partial charge in [-0.1, -0.05) is 26.5 Å².